The summed E-state index contributed by atoms with van der Waals surface area (Å²) in [6.07, 6.45) is 46.0. The van der Waals surface area contributed by atoms with Crippen LogP contribution in [0.2, 0.25) is 0 Å². The SMILES string of the molecule is CCCCCCCOc1cc2c3cc(OCCCCCCC)c(OCCCCCCC)cc3c3cc4c(cc3c2cc1OCCCCCCC)OCC1(CO4)COc2cc3c4cc(OCCCCCCC)c(OCCCCCCC)cc4c4cc(OCCCCCCC)c(OCCCCCCC)cc4c3cc2OC1. The number of benzene rings is 8. The minimum Gasteiger partial charge on any atom is -0.490 e. The van der Waals surface area contributed by atoms with Gasteiger partial charge in [0, 0.05) is 0 Å². The van der Waals surface area contributed by atoms with Crippen molar-refractivity contribution in [2.75, 3.05) is 79.3 Å². The Morgan fingerprint density at radius 3 is 0.450 bits per heavy atom. The van der Waals surface area contributed by atoms with Gasteiger partial charge in [0.05, 0.1) is 52.9 Å². The van der Waals surface area contributed by atoms with Crippen molar-refractivity contribution < 1.29 is 56.8 Å². The molecule has 8 aromatic rings. The van der Waals surface area contributed by atoms with Gasteiger partial charge in [-0.05, 0) is 189 Å². The largest absolute Gasteiger partial charge is 0.490 e. The van der Waals surface area contributed by atoms with Crippen LogP contribution in [0.1, 0.15) is 312 Å². The van der Waals surface area contributed by atoms with Gasteiger partial charge in [0.2, 0.25) is 0 Å². The van der Waals surface area contributed by atoms with Crippen LogP contribution in [-0.2, 0) is 0 Å². The van der Waals surface area contributed by atoms with E-state index in [1.807, 2.05) is 0 Å². The van der Waals surface area contributed by atoms with Gasteiger partial charge in [0.25, 0.3) is 0 Å². The van der Waals surface area contributed by atoms with E-state index in [0.717, 1.165) is 213 Å². The molecular formula is C97H140O12. The molecule has 2 heterocycles. The first kappa shape index (κ1) is 84.4. The summed E-state index contributed by atoms with van der Waals surface area (Å²) in [7, 11) is 0. The van der Waals surface area contributed by atoms with E-state index >= 15 is 0 Å². The van der Waals surface area contributed by atoms with E-state index in [9.17, 15) is 0 Å². The fourth-order valence-corrected chi connectivity index (χ4v) is 15.7. The van der Waals surface area contributed by atoms with Gasteiger partial charge in [-0.1, -0.05) is 261 Å². The summed E-state index contributed by atoms with van der Waals surface area (Å²) in [5.74, 6) is 8.86. The molecule has 109 heavy (non-hydrogen) atoms. The van der Waals surface area contributed by atoms with E-state index in [2.05, 4.69) is 128 Å². The summed E-state index contributed by atoms with van der Waals surface area (Å²) in [4.78, 5) is 0. The van der Waals surface area contributed by atoms with Crippen LogP contribution in [0.3, 0.4) is 0 Å². The second-order valence-corrected chi connectivity index (χ2v) is 31.8. The van der Waals surface area contributed by atoms with Crippen LogP contribution in [0.15, 0.2) is 72.8 Å². The Hall–Kier alpha value is -7.08. The molecule has 8 aromatic carbocycles. The Balaban J connectivity index is 1.05. The summed E-state index contributed by atoms with van der Waals surface area (Å²) >= 11 is 0. The lowest BCUT2D eigenvalue weighted by atomic mass is 9.92. The van der Waals surface area contributed by atoms with Gasteiger partial charge in [-0.25, -0.2) is 0 Å². The van der Waals surface area contributed by atoms with Crippen molar-refractivity contribution in [3.8, 4) is 69.0 Å². The van der Waals surface area contributed by atoms with Crippen LogP contribution in [0, 0.1) is 5.41 Å². The normalized spacial score (nSPS) is 13.3. The van der Waals surface area contributed by atoms with Crippen LogP contribution >= 0.6 is 0 Å². The molecule has 0 fully saturated rings. The van der Waals surface area contributed by atoms with Crippen molar-refractivity contribution in [2.45, 2.75) is 312 Å². The molecule has 0 saturated carbocycles. The highest BCUT2D eigenvalue weighted by atomic mass is 16.6. The third kappa shape index (κ3) is 24.5. The van der Waals surface area contributed by atoms with Gasteiger partial charge in [-0.3, -0.25) is 0 Å². The first-order valence-electron chi connectivity index (χ1n) is 44.4. The molecule has 0 radical (unpaired) electrons. The standard InChI is InChI=1S/C97H140O12/c1-9-17-25-33-41-49-98-85-57-73-74-58-86(99-50-42-34-26-18-10-2)90(103-54-46-38-30-22-14-6)62-78(74)82-66-94-93(65-81(82)77(73)61-89(85)102-53-45-37-29-21-13-5)106-69-97(70-107-94)71-108-95-67-83-79-63-91(104-55-47-39-31-23-15-7)87(100-51-43-35-27-19-11-3)59-75(79)76-60-88(101-52-44-36-28-20-12-4)92(105-56-48-40-32-24-16-8)64-80(76)84(83)68-96(95)109-72-97/h57-68H,9-56,69-72H2,1-8H3. The third-order valence-electron chi connectivity index (χ3n) is 22.4. The fraction of sp³-hybridized carbons (Fsp3) is 0.629. The summed E-state index contributed by atoms with van der Waals surface area (Å²) in [6.45, 7) is 24.3. The quantitative estimate of drug-likeness (QED) is 0.0267. The van der Waals surface area contributed by atoms with Gasteiger partial charge in [-0.15, -0.1) is 0 Å². The smallest absolute Gasteiger partial charge is 0.161 e. The average Bonchev–Trinajstić information content (AvgIpc) is 1.40. The fourth-order valence-electron chi connectivity index (χ4n) is 15.7. The monoisotopic (exact) mass is 1500 g/mol. The Kier molecular flexibility index (Phi) is 36.1. The van der Waals surface area contributed by atoms with E-state index in [-0.39, 0.29) is 0 Å². The topological polar surface area (TPSA) is 111 Å². The lowest BCUT2D eigenvalue weighted by Gasteiger charge is -2.27. The average molecular weight is 1500 g/mol. The Morgan fingerprint density at radius 1 is 0.183 bits per heavy atom. The van der Waals surface area contributed by atoms with E-state index in [4.69, 9.17) is 56.8 Å². The number of unbranched alkanes of at least 4 members (excludes halogenated alkanes) is 32. The summed E-state index contributed by atoms with van der Waals surface area (Å²) < 4.78 is 83.5. The van der Waals surface area contributed by atoms with Crippen LogP contribution < -0.4 is 56.8 Å². The molecule has 0 N–H and O–H groups in total. The molecule has 0 unspecified atom stereocenters. The molecule has 0 bridgehead atoms. The Labute approximate surface area is 656 Å². The molecular weight excluding hydrogens is 1360 g/mol. The highest BCUT2D eigenvalue weighted by Crippen LogP contribution is 2.52. The van der Waals surface area contributed by atoms with Gasteiger partial charge in [0.15, 0.2) is 69.0 Å². The molecule has 12 heteroatoms. The Morgan fingerprint density at radius 2 is 0.312 bits per heavy atom. The van der Waals surface area contributed by atoms with E-state index in [1.54, 1.807) is 0 Å². The molecule has 1 spiro atoms. The lowest BCUT2D eigenvalue weighted by molar-refractivity contribution is 0.0239. The van der Waals surface area contributed by atoms with E-state index < -0.39 is 5.41 Å². The third-order valence-corrected chi connectivity index (χ3v) is 22.4. The van der Waals surface area contributed by atoms with Crippen LogP contribution in [-0.4, -0.2) is 79.3 Å². The van der Waals surface area contributed by atoms with Crippen molar-refractivity contribution in [3.05, 3.63) is 72.8 Å². The van der Waals surface area contributed by atoms with Gasteiger partial charge in [-0.2, -0.15) is 0 Å². The number of fused-ring (bicyclic) bond motifs is 14. The first-order chi connectivity index (χ1) is 53.8. The maximum Gasteiger partial charge on any atom is 0.161 e. The summed E-state index contributed by atoms with van der Waals surface area (Å²) in [6, 6.07) is 26.7. The van der Waals surface area contributed by atoms with Crippen LogP contribution in [0.4, 0.5) is 0 Å². The van der Waals surface area contributed by atoms with Crippen LogP contribution in [0.5, 0.6) is 69.0 Å². The molecule has 600 valence electrons. The number of hydrogen-bond donors (Lipinski definition) is 0. The molecule has 10 rings (SSSR count). The second-order valence-electron chi connectivity index (χ2n) is 31.8. The molecule has 12 nitrogen and oxygen atoms in total. The molecule has 0 atom stereocenters. The predicted molar refractivity (Wildman–Crippen MR) is 456 cm³/mol. The highest BCUT2D eigenvalue weighted by Gasteiger charge is 2.40. The number of ether oxygens (including phenoxy) is 12. The predicted octanol–water partition coefficient (Wildman–Crippen LogP) is 28.6. The second kappa shape index (κ2) is 46.7. The molecule has 0 aliphatic carbocycles. The van der Waals surface area contributed by atoms with E-state index in [1.165, 1.54) is 154 Å². The zero-order valence-electron chi connectivity index (χ0n) is 69.1. The zero-order chi connectivity index (χ0) is 76.1. The Bertz CT molecular complexity index is 3490. The van der Waals surface area contributed by atoms with Gasteiger partial charge < -0.3 is 56.8 Å². The molecule has 2 aliphatic heterocycles. The summed E-state index contributed by atoms with van der Waals surface area (Å²) in [5, 5.41) is 12.6. The molecule has 0 aromatic heterocycles. The maximum absolute atomic E-state index is 7.17. The van der Waals surface area contributed by atoms with E-state index in [0.29, 0.717) is 102 Å². The van der Waals surface area contributed by atoms with Crippen molar-refractivity contribution in [1.82, 2.24) is 0 Å². The minimum atomic E-state index is -0.700. The maximum atomic E-state index is 7.17. The first-order valence-corrected chi connectivity index (χ1v) is 44.4. The zero-order valence-corrected chi connectivity index (χ0v) is 69.1. The molecule has 0 amide bonds. The van der Waals surface area contributed by atoms with Gasteiger partial charge >= 0.3 is 0 Å². The molecule has 2 aliphatic rings. The number of hydrogen-bond acceptors (Lipinski definition) is 12. The summed E-state index contributed by atoms with van der Waals surface area (Å²) in [5.41, 5.74) is -0.700. The highest BCUT2D eigenvalue weighted by molar-refractivity contribution is 6.28. The van der Waals surface area contributed by atoms with Gasteiger partial charge in [0.1, 0.15) is 31.8 Å². The van der Waals surface area contributed by atoms with Crippen molar-refractivity contribution in [1.29, 1.82) is 0 Å². The minimum absolute atomic E-state index is 0.301. The molecule has 0 saturated heterocycles. The van der Waals surface area contributed by atoms with Crippen molar-refractivity contribution >= 4 is 64.6 Å². The lowest BCUT2D eigenvalue weighted by Crippen LogP contribution is -2.43. The number of rotatable bonds is 56. The van der Waals surface area contributed by atoms with Crippen LogP contribution in [0.25, 0.3) is 64.6 Å². The van der Waals surface area contributed by atoms with Crippen molar-refractivity contribution in [3.63, 3.8) is 0 Å². The van der Waals surface area contributed by atoms with Crippen molar-refractivity contribution in [2.24, 2.45) is 5.41 Å².